The maximum atomic E-state index is 13.7. The van der Waals surface area contributed by atoms with E-state index in [0.717, 1.165) is 18.4 Å². The molecule has 1 aliphatic rings. The lowest BCUT2D eigenvalue weighted by Gasteiger charge is -2.27. The SMILES string of the molecule is CCC1(C)CCOC(c2ccc(OC)c(F)c2)CN1. The third-order valence-electron chi connectivity index (χ3n) is 4.02. The van der Waals surface area contributed by atoms with E-state index in [9.17, 15) is 4.39 Å². The molecule has 4 heteroatoms. The van der Waals surface area contributed by atoms with Crippen LogP contribution in [0.2, 0.25) is 0 Å². The molecule has 1 aliphatic heterocycles. The van der Waals surface area contributed by atoms with Gasteiger partial charge < -0.3 is 14.8 Å². The van der Waals surface area contributed by atoms with Crippen LogP contribution in [-0.4, -0.2) is 25.8 Å². The number of rotatable bonds is 3. The van der Waals surface area contributed by atoms with Gasteiger partial charge in [0.2, 0.25) is 0 Å². The zero-order valence-electron chi connectivity index (χ0n) is 11.8. The molecule has 1 aromatic rings. The topological polar surface area (TPSA) is 30.5 Å². The van der Waals surface area contributed by atoms with Crippen LogP contribution < -0.4 is 10.1 Å². The van der Waals surface area contributed by atoms with E-state index in [1.54, 1.807) is 6.07 Å². The highest BCUT2D eigenvalue weighted by atomic mass is 19.1. The van der Waals surface area contributed by atoms with Crippen molar-refractivity contribution in [1.29, 1.82) is 0 Å². The summed E-state index contributed by atoms with van der Waals surface area (Å²) in [6.45, 7) is 5.76. The summed E-state index contributed by atoms with van der Waals surface area (Å²) in [4.78, 5) is 0. The van der Waals surface area contributed by atoms with Gasteiger partial charge in [0.25, 0.3) is 0 Å². The second-order valence-corrected chi connectivity index (χ2v) is 5.30. The largest absolute Gasteiger partial charge is 0.494 e. The molecule has 0 amide bonds. The van der Waals surface area contributed by atoms with Gasteiger partial charge in [-0.1, -0.05) is 13.0 Å². The van der Waals surface area contributed by atoms with Gasteiger partial charge in [-0.25, -0.2) is 4.39 Å². The van der Waals surface area contributed by atoms with Crippen molar-refractivity contribution in [2.24, 2.45) is 0 Å². The first-order valence-electron chi connectivity index (χ1n) is 6.78. The fourth-order valence-corrected chi connectivity index (χ4v) is 2.31. The van der Waals surface area contributed by atoms with Crippen LogP contribution >= 0.6 is 0 Å². The molecule has 1 heterocycles. The number of ether oxygens (including phenoxy) is 2. The zero-order valence-corrected chi connectivity index (χ0v) is 11.8. The maximum absolute atomic E-state index is 13.7. The molecule has 19 heavy (non-hydrogen) atoms. The lowest BCUT2D eigenvalue weighted by atomic mass is 9.95. The van der Waals surface area contributed by atoms with E-state index in [-0.39, 0.29) is 23.2 Å². The molecule has 0 saturated carbocycles. The number of nitrogens with one attached hydrogen (secondary N) is 1. The predicted octanol–water partition coefficient (Wildman–Crippen LogP) is 3.05. The Hall–Kier alpha value is -1.13. The van der Waals surface area contributed by atoms with Gasteiger partial charge in [0, 0.05) is 18.7 Å². The molecule has 0 aliphatic carbocycles. The van der Waals surface area contributed by atoms with Gasteiger partial charge in [-0.05, 0) is 37.5 Å². The Labute approximate surface area is 114 Å². The Morgan fingerprint density at radius 1 is 1.53 bits per heavy atom. The molecule has 1 N–H and O–H groups in total. The van der Waals surface area contributed by atoms with Gasteiger partial charge in [0.15, 0.2) is 11.6 Å². The highest BCUT2D eigenvalue weighted by Gasteiger charge is 2.27. The first kappa shape index (κ1) is 14.3. The van der Waals surface area contributed by atoms with Crippen LogP contribution in [0.25, 0.3) is 0 Å². The lowest BCUT2D eigenvalue weighted by molar-refractivity contribution is 0.0650. The van der Waals surface area contributed by atoms with Crippen molar-refractivity contribution in [2.45, 2.75) is 38.3 Å². The second-order valence-electron chi connectivity index (χ2n) is 5.30. The van der Waals surface area contributed by atoms with Gasteiger partial charge in [0.05, 0.1) is 13.2 Å². The van der Waals surface area contributed by atoms with Gasteiger partial charge >= 0.3 is 0 Å². The molecule has 1 saturated heterocycles. The van der Waals surface area contributed by atoms with Crippen molar-refractivity contribution in [1.82, 2.24) is 5.32 Å². The Morgan fingerprint density at radius 3 is 2.95 bits per heavy atom. The quantitative estimate of drug-likeness (QED) is 0.913. The Balaban J connectivity index is 2.12. The minimum absolute atomic E-state index is 0.103. The van der Waals surface area contributed by atoms with Crippen LogP contribution in [-0.2, 0) is 4.74 Å². The normalized spacial score (nSPS) is 27.9. The van der Waals surface area contributed by atoms with Crippen LogP contribution in [0.5, 0.6) is 5.75 Å². The van der Waals surface area contributed by atoms with E-state index in [1.165, 1.54) is 13.2 Å². The number of methoxy groups -OCH3 is 1. The third kappa shape index (κ3) is 3.25. The smallest absolute Gasteiger partial charge is 0.165 e. The number of hydrogen-bond acceptors (Lipinski definition) is 3. The van der Waals surface area contributed by atoms with Crippen LogP contribution in [0.15, 0.2) is 18.2 Å². The van der Waals surface area contributed by atoms with E-state index in [1.807, 2.05) is 6.07 Å². The van der Waals surface area contributed by atoms with Crippen molar-refractivity contribution in [3.05, 3.63) is 29.6 Å². The maximum Gasteiger partial charge on any atom is 0.165 e. The van der Waals surface area contributed by atoms with Gasteiger partial charge in [-0.15, -0.1) is 0 Å². The minimum Gasteiger partial charge on any atom is -0.494 e. The molecule has 1 aromatic carbocycles. The highest BCUT2D eigenvalue weighted by Crippen LogP contribution is 2.27. The summed E-state index contributed by atoms with van der Waals surface area (Å²) in [5.41, 5.74) is 0.964. The van der Waals surface area contributed by atoms with E-state index >= 15 is 0 Å². The monoisotopic (exact) mass is 267 g/mol. The highest BCUT2D eigenvalue weighted by molar-refractivity contribution is 5.30. The Morgan fingerprint density at radius 2 is 2.32 bits per heavy atom. The molecule has 2 unspecified atom stereocenters. The summed E-state index contributed by atoms with van der Waals surface area (Å²) >= 11 is 0. The first-order chi connectivity index (χ1) is 9.08. The van der Waals surface area contributed by atoms with E-state index in [4.69, 9.17) is 9.47 Å². The van der Waals surface area contributed by atoms with Gasteiger partial charge in [0.1, 0.15) is 0 Å². The summed E-state index contributed by atoms with van der Waals surface area (Å²) < 4.78 is 24.5. The molecule has 0 bridgehead atoms. The summed E-state index contributed by atoms with van der Waals surface area (Å²) in [7, 11) is 1.47. The molecular weight excluding hydrogens is 245 g/mol. The van der Waals surface area contributed by atoms with E-state index in [0.29, 0.717) is 13.2 Å². The molecule has 3 nitrogen and oxygen atoms in total. The van der Waals surface area contributed by atoms with Crippen LogP contribution in [0.1, 0.15) is 38.4 Å². The summed E-state index contributed by atoms with van der Waals surface area (Å²) in [6, 6.07) is 5.01. The molecule has 1 fully saturated rings. The predicted molar refractivity (Wildman–Crippen MR) is 73.0 cm³/mol. The van der Waals surface area contributed by atoms with Crippen LogP contribution in [0.4, 0.5) is 4.39 Å². The van der Waals surface area contributed by atoms with E-state index < -0.39 is 0 Å². The number of hydrogen-bond donors (Lipinski definition) is 1. The standard InChI is InChI=1S/C15H22FNO2/c1-4-15(2)7-8-19-14(10-17-15)11-5-6-13(18-3)12(16)9-11/h5-6,9,14,17H,4,7-8,10H2,1-3H3. The van der Waals surface area contributed by atoms with Gasteiger partial charge in [-0.3, -0.25) is 0 Å². The Bertz CT molecular complexity index is 438. The molecular formula is C15H22FNO2. The fraction of sp³-hybridized carbons (Fsp3) is 0.600. The summed E-state index contributed by atoms with van der Waals surface area (Å²) in [5.74, 6) is -0.0742. The number of halogens is 1. The first-order valence-corrected chi connectivity index (χ1v) is 6.78. The lowest BCUT2D eigenvalue weighted by Crippen LogP contribution is -2.42. The average molecular weight is 267 g/mol. The zero-order chi connectivity index (χ0) is 13.9. The van der Waals surface area contributed by atoms with Crippen LogP contribution in [0.3, 0.4) is 0 Å². The minimum atomic E-state index is -0.342. The van der Waals surface area contributed by atoms with Crippen molar-refractivity contribution >= 4 is 0 Å². The van der Waals surface area contributed by atoms with Crippen molar-refractivity contribution < 1.29 is 13.9 Å². The molecule has 2 atom stereocenters. The van der Waals surface area contributed by atoms with Crippen LogP contribution in [0, 0.1) is 5.82 Å². The molecule has 0 radical (unpaired) electrons. The molecule has 106 valence electrons. The molecule has 0 spiro atoms. The fourth-order valence-electron chi connectivity index (χ4n) is 2.31. The number of benzene rings is 1. The van der Waals surface area contributed by atoms with Crippen molar-refractivity contribution in [3.63, 3.8) is 0 Å². The summed E-state index contributed by atoms with van der Waals surface area (Å²) in [5, 5.41) is 3.53. The summed E-state index contributed by atoms with van der Waals surface area (Å²) in [6.07, 6.45) is 1.92. The van der Waals surface area contributed by atoms with Crippen molar-refractivity contribution in [3.8, 4) is 5.75 Å². The third-order valence-corrected chi connectivity index (χ3v) is 4.02. The van der Waals surface area contributed by atoms with E-state index in [2.05, 4.69) is 19.2 Å². The van der Waals surface area contributed by atoms with Gasteiger partial charge in [-0.2, -0.15) is 0 Å². The van der Waals surface area contributed by atoms with Crippen molar-refractivity contribution in [2.75, 3.05) is 20.3 Å². The molecule has 2 rings (SSSR count). The molecule has 0 aromatic heterocycles. The second kappa shape index (κ2) is 5.88. The average Bonchev–Trinajstić information content (AvgIpc) is 2.61. The Kier molecular flexibility index (Phi) is 4.42.